The SMILES string of the molecule is O=C(N/C(=C\c1cccc(Oc2ccccc2)c1)C(=O)N1CCOCC1)c1ccc([N+](=O)[O-])cc1. The summed E-state index contributed by atoms with van der Waals surface area (Å²) in [6.45, 7) is 1.63. The lowest BCUT2D eigenvalue weighted by Gasteiger charge is -2.27. The molecule has 1 aliphatic heterocycles. The van der Waals surface area contributed by atoms with Crippen molar-refractivity contribution in [1.29, 1.82) is 0 Å². The number of ether oxygens (including phenoxy) is 2. The number of amides is 2. The fourth-order valence-corrected chi connectivity index (χ4v) is 3.48. The predicted molar refractivity (Wildman–Crippen MR) is 129 cm³/mol. The molecular weight excluding hydrogens is 450 g/mol. The molecule has 1 heterocycles. The predicted octanol–water partition coefficient (Wildman–Crippen LogP) is 4.02. The summed E-state index contributed by atoms with van der Waals surface area (Å²) in [5.74, 6) is 0.344. The third-order valence-electron chi connectivity index (χ3n) is 5.27. The average Bonchev–Trinajstić information content (AvgIpc) is 2.89. The van der Waals surface area contributed by atoms with E-state index >= 15 is 0 Å². The molecule has 2 amide bonds. The van der Waals surface area contributed by atoms with Crippen LogP contribution < -0.4 is 10.1 Å². The Bertz CT molecular complexity index is 1240. The first-order valence-electron chi connectivity index (χ1n) is 11.0. The Balaban J connectivity index is 1.60. The maximum Gasteiger partial charge on any atom is 0.270 e. The minimum Gasteiger partial charge on any atom is -0.457 e. The van der Waals surface area contributed by atoms with Crippen molar-refractivity contribution in [2.75, 3.05) is 26.3 Å². The Morgan fingerprint density at radius 2 is 1.63 bits per heavy atom. The van der Waals surface area contributed by atoms with E-state index in [9.17, 15) is 19.7 Å². The molecule has 3 aromatic carbocycles. The number of hydrogen-bond acceptors (Lipinski definition) is 6. The second-order valence-corrected chi connectivity index (χ2v) is 7.71. The van der Waals surface area contributed by atoms with Crippen molar-refractivity contribution in [3.63, 3.8) is 0 Å². The van der Waals surface area contributed by atoms with Crippen LogP contribution in [0.1, 0.15) is 15.9 Å². The van der Waals surface area contributed by atoms with Gasteiger partial charge in [0.05, 0.1) is 18.1 Å². The molecule has 178 valence electrons. The zero-order valence-corrected chi connectivity index (χ0v) is 18.8. The number of para-hydroxylation sites is 1. The van der Waals surface area contributed by atoms with Crippen molar-refractivity contribution < 1.29 is 24.0 Å². The van der Waals surface area contributed by atoms with Crippen LogP contribution >= 0.6 is 0 Å². The molecular formula is C26H23N3O6. The van der Waals surface area contributed by atoms with Gasteiger partial charge < -0.3 is 19.7 Å². The van der Waals surface area contributed by atoms with E-state index in [0.717, 1.165) is 0 Å². The van der Waals surface area contributed by atoms with Crippen molar-refractivity contribution in [1.82, 2.24) is 10.2 Å². The molecule has 1 saturated heterocycles. The Hall–Kier alpha value is -4.50. The van der Waals surface area contributed by atoms with Crippen LogP contribution in [0.5, 0.6) is 11.5 Å². The summed E-state index contributed by atoms with van der Waals surface area (Å²) < 4.78 is 11.2. The Kier molecular flexibility index (Phi) is 7.49. The van der Waals surface area contributed by atoms with E-state index in [0.29, 0.717) is 43.4 Å². The van der Waals surface area contributed by atoms with Crippen LogP contribution in [0.4, 0.5) is 5.69 Å². The van der Waals surface area contributed by atoms with E-state index in [1.165, 1.54) is 24.3 Å². The highest BCUT2D eigenvalue weighted by atomic mass is 16.6. The molecule has 35 heavy (non-hydrogen) atoms. The number of non-ortho nitro benzene ring substituents is 1. The lowest BCUT2D eigenvalue weighted by molar-refractivity contribution is -0.384. The van der Waals surface area contributed by atoms with Crippen LogP contribution in [-0.4, -0.2) is 47.9 Å². The lowest BCUT2D eigenvalue weighted by Crippen LogP contribution is -2.44. The number of nitro benzene ring substituents is 1. The van der Waals surface area contributed by atoms with Gasteiger partial charge in [-0.3, -0.25) is 19.7 Å². The van der Waals surface area contributed by atoms with Crippen LogP contribution in [0.25, 0.3) is 6.08 Å². The number of carbonyl (C=O) groups excluding carboxylic acids is 2. The Morgan fingerprint density at radius 1 is 0.943 bits per heavy atom. The van der Waals surface area contributed by atoms with Crippen molar-refractivity contribution in [2.45, 2.75) is 0 Å². The monoisotopic (exact) mass is 473 g/mol. The third kappa shape index (κ3) is 6.30. The van der Waals surface area contributed by atoms with E-state index < -0.39 is 10.8 Å². The molecule has 9 heteroatoms. The molecule has 0 aromatic heterocycles. The molecule has 1 aliphatic rings. The van der Waals surface area contributed by atoms with E-state index in [-0.39, 0.29) is 22.9 Å². The van der Waals surface area contributed by atoms with E-state index in [4.69, 9.17) is 9.47 Å². The van der Waals surface area contributed by atoms with Crippen molar-refractivity contribution in [2.24, 2.45) is 0 Å². The van der Waals surface area contributed by atoms with E-state index in [1.807, 2.05) is 30.3 Å². The average molecular weight is 473 g/mol. The van der Waals surface area contributed by atoms with Gasteiger partial charge in [0.1, 0.15) is 17.2 Å². The van der Waals surface area contributed by atoms with Gasteiger partial charge in [0.25, 0.3) is 17.5 Å². The molecule has 3 aromatic rings. The number of nitrogens with zero attached hydrogens (tertiary/aromatic N) is 2. The smallest absolute Gasteiger partial charge is 0.270 e. The van der Waals surface area contributed by atoms with E-state index in [1.54, 1.807) is 35.2 Å². The Labute approximate surface area is 201 Å². The maximum atomic E-state index is 13.3. The molecule has 0 saturated carbocycles. The van der Waals surface area contributed by atoms with Crippen LogP contribution in [-0.2, 0) is 9.53 Å². The highest BCUT2D eigenvalue weighted by Gasteiger charge is 2.23. The van der Waals surface area contributed by atoms with Gasteiger partial charge in [-0.1, -0.05) is 30.3 Å². The summed E-state index contributed by atoms with van der Waals surface area (Å²) in [5.41, 5.74) is 0.792. The molecule has 9 nitrogen and oxygen atoms in total. The minimum atomic E-state index is -0.551. The lowest BCUT2D eigenvalue weighted by atomic mass is 10.1. The molecule has 0 radical (unpaired) electrons. The first-order valence-corrected chi connectivity index (χ1v) is 11.0. The number of carbonyl (C=O) groups is 2. The fraction of sp³-hybridized carbons (Fsp3) is 0.154. The second-order valence-electron chi connectivity index (χ2n) is 7.71. The third-order valence-corrected chi connectivity index (χ3v) is 5.27. The summed E-state index contributed by atoms with van der Waals surface area (Å²) in [5, 5.41) is 13.6. The van der Waals surface area contributed by atoms with Crippen LogP contribution in [0.2, 0.25) is 0 Å². The van der Waals surface area contributed by atoms with Crippen LogP contribution in [0, 0.1) is 10.1 Å². The van der Waals surface area contributed by atoms with E-state index in [2.05, 4.69) is 5.32 Å². The molecule has 4 rings (SSSR count). The van der Waals surface area contributed by atoms with Crippen molar-refractivity contribution >= 4 is 23.6 Å². The molecule has 0 spiro atoms. The molecule has 0 atom stereocenters. The standard InChI is InChI=1S/C26H23N3O6/c30-25(20-9-11-21(12-10-20)29(32)33)27-24(26(31)28-13-15-34-16-14-28)18-19-5-4-8-23(17-19)35-22-6-2-1-3-7-22/h1-12,17-18H,13-16H2,(H,27,30)/b24-18-. The highest BCUT2D eigenvalue weighted by molar-refractivity contribution is 6.05. The molecule has 1 fully saturated rings. The zero-order chi connectivity index (χ0) is 24.6. The van der Waals surface area contributed by atoms with Gasteiger partial charge in [0.2, 0.25) is 0 Å². The summed E-state index contributed by atoms with van der Waals surface area (Å²) in [6, 6.07) is 21.6. The van der Waals surface area contributed by atoms with Gasteiger partial charge in [0.15, 0.2) is 0 Å². The number of rotatable bonds is 7. The van der Waals surface area contributed by atoms with Gasteiger partial charge in [0, 0.05) is 30.8 Å². The first-order chi connectivity index (χ1) is 17.0. The fourth-order valence-electron chi connectivity index (χ4n) is 3.48. The van der Waals surface area contributed by atoms with Gasteiger partial charge in [-0.25, -0.2) is 0 Å². The molecule has 0 bridgehead atoms. The Morgan fingerprint density at radius 3 is 2.31 bits per heavy atom. The molecule has 0 unspecified atom stereocenters. The van der Waals surface area contributed by atoms with Crippen LogP contribution in [0.3, 0.4) is 0 Å². The summed E-state index contributed by atoms with van der Waals surface area (Å²) in [7, 11) is 0. The van der Waals surface area contributed by atoms with Crippen molar-refractivity contribution in [3.8, 4) is 11.5 Å². The number of morpholine rings is 1. The van der Waals surface area contributed by atoms with Crippen molar-refractivity contribution in [3.05, 3.63) is 106 Å². The highest BCUT2D eigenvalue weighted by Crippen LogP contribution is 2.23. The van der Waals surface area contributed by atoms with Gasteiger partial charge in [-0.05, 0) is 48.0 Å². The number of benzene rings is 3. The summed E-state index contributed by atoms with van der Waals surface area (Å²) in [6.07, 6.45) is 1.58. The maximum absolute atomic E-state index is 13.3. The first kappa shape index (κ1) is 23.7. The van der Waals surface area contributed by atoms with Crippen LogP contribution in [0.15, 0.2) is 84.6 Å². The zero-order valence-electron chi connectivity index (χ0n) is 18.8. The molecule has 0 aliphatic carbocycles. The normalized spacial score (nSPS) is 13.7. The second kappa shape index (κ2) is 11.1. The topological polar surface area (TPSA) is 111 Å². The number of nitrogens with one attached hydrogen (secondary N) is 1. The number of nitro groups is 1. The van der Waals surface area contributed by atoms with Gasteiger partial charge in [-0.15, -0.1) is 0 Å². The minimum absolute atomic E-state index is 0.0760. The summed E-state index contributed by atoms with van der Waals surface area (Å²) in [4.78, 5) is 38.1. The number of hydrogen-bond donors (Lipinski definition) is 1. The largest absolute Gasteiger partial charge is 0.457 e. The van der Waals surface area contributed by atoms with Gasteiger partial charge >= 0.3 is 0 Å². The quantitative estimate of drug-likeness (QED) is 0.315. The molecule has 1 N–H and O–H groups in total. The summed E-state index contributed by atoms with van der Waals surface area (Å²) >= 11 is 0. The van der Waals surface area contributed by atoms with Gasteiger partial charge in [-0.2, -0.15) is 0 Å².